The van der Waals surface area contributed by atoms with Gasteiger partial charge in [0.25, 0.3) is 0 Å². The Morgan fingerprint density at radius 1 is 1.24 bits per heavy atom. The van der Waals surface area contributed by atoms with Gasteiger partial charge in [-0.05, 0) is 30.2 Å². The molecule has 0 aliphatic carbocycles. The Bertz CT molecular complexity index is 1020. The molecule has 6 nitrogen and oxygen atoms in total. The van der Waals surface area contributed by atoms with E-state index in [1.54, 1.807) is 19.9 Å². The normalized spacial score (nSPS) is 13.0. The number of alkyl halides is 3. The van der Waals surface area contributed by atoms with Gasteiger partial charge in [-0.3, -0.25) is 4.79 Å². The number of carbonyl (C=O) groups excluding carboxylic acids is 1. The van der Waals surface area contributed by atoms with Crippen molar-refractivity contribution in [2.24, 2.45) is 5.92 Å². The van der Waals surface area contributed by atoms with Crippen molar-refractivity contribution in [3.63, 3.8) is 0 Å². The van der Waals surface area contributed by atoms with E-state index in [2.05, 4.69) is 20.3 Å². The largest absolute Gasteiger partial charge is 0.389 e. The first kappa shape index (κ1) is 21.0. The van der Waals surface area contributed by atoms with E-state index in [4.69, 9.17) is 5.73 Å². The topological polar surface area (TPSA) is 93.8 Å². The number of rotatable bonds is 7. The number of fused-ring (bicyclic) bond motifs is 1. The van der Waals surface area contributed by atoms with Crippen LogP contribution in [0.1, 0.15) is 26.7 Å². The number of aromatic nitrogens is 3. The average molecular weight is 423 g/mol. The lowest BCUT2D eigenvalue weighted by atomic mass is 9.97. The molecule has 0 saturated heterocycles. The fraction of sp³-hybridized carbons (Fsp3) is 0.368. The second-order valence-corrected chi connectivity index (χ2v) is 8.01. The van der Waals surface area contributed by atoms with Crippen LogP contribution in [0, 0.1) is 5.92 Å². The summed E-state index contributed by atoms with van der Waals surface area (Å²) in [7, 11) is 0. The SMILES string of the molecule is CC(C)[C@@H](Nc1ccnc(-c2ccc3nc(N)sc3c2)n1)C(=O)CCC(F)(F)F. The lowest BCUT2D eigenvalue weighted by Crippen LogP contribution is -2.35. The Labute approximate surface area is 169 Å². The van der Waals surface area contributed by atoms with Crippen LogP contribution < -0.4 is 11.1 Å². The molecule has 1 atom stereocenters. The minimum atomic E-state index is -4.36. The summed E-state index contributed by atoms with van der Waals surface area (Å²) in [6.45, 7) is 3.54. The third kappa shape index (κ3) is 5.41. The highest BCUT2D eigenvalue weighted by Gasteiger charge is 2.31. The minimum absolute atomic E-state index is 0.203. The van der Waals surface area contributed by atoms with Crippen LogP contribution in [0.5, 0.6) is 0 Å². The Kier molecular flexibility index (Phi) is 6.02. The van der Waals surface area contributed by atoms with E-state index in [1.807, 2.05) is 18.2 Å². The van der Waals surface area contributed by atoms with Gasteiger partial charge in [0.2, 0.25) is 0 Å². The van der Waals surface area contributed by atoms with Crippen LogP contribution >= 0.6 is 11.3 Å². The maximum Gasteiger partial charge on any atom is 0.389 e. The molecule has 0 fully saturated rings. The number of halogens is 3. The van der Waals surface area contributed by atoms with Crippen LogP contribution in [0.3, 0.4) is 0 Å². The molecule has 0 saturated carbocycles. The van der Waals surface area contributed by atoms with Gasteiger partial charge in [-0.1, -0.05) is 25.2 Å². The number of anilines is 2. The van der Waals surface area contributed by atoms with Crippen molar-refractivity contribution in [3.8, 4) is 11.4 Å². The number of nitrogens with one attached hydrogen (secondary N) is 1. The van der Waals surface area contributed by atoms with Crippen LogP contribution in [-0.2, 0) is 4.79 Å². The van der Waals surface area contributed by atoms with Gasteiger partial charge in [0, 0.05) is 18.2 Å². The zero-order valence-corrected chi connectivity index (χ0v) is 16.6. The summed E-state index contributed by atoms with van der Waals surface area (Å²) in [5, 5.41) is 3.43. The van der Waals surface area contributed by atoms with E-state index in [9.17, 15) is 18.0 Å². The maximum absolute atomic E-state index is 12.5. The van der Waals surface area contributed by atoms with Gasteiger partial charge in [0.15, 0.2) is 16.7 Å². The second kappa shape index (κ2) is 8.32. The summed E-state index contributed by atoms with van der Waals surface area (Å²) < 4.78 is 38.3. The number of nitrogen functional groups attached to an aromatic ring is 1. The molecule has 0 spiro atoms. The van der Waals surface area contributed by atoms with Crippen LogP contribution in [0.2, 0.25) is 0 Å². The summed E-state index contributed by atoms with van der Waals surface area (Å²) >= 11 is 1.35. The molecule has 0 aliphatic rings. The number of ketones is 1. The summed E-state index contributed by atoms with van der Waals surface area (Å²) in [6.07, 6.45) is -4.53. The Hall–Kier alpha value is -2.75. The maximum atomic E-state index is 12.5. The second-order valence-electron chi connectivity index (χ2n) is 6.95. The number of benzene rings is 1. The lowest BCUT2D eigenvalue weighted by Gasteiger charge is -2.22. The molecular formula is C19H20F3N5OS. The van der Waals surface area contributed by atoms with Gasteiger partial charge in [0.1, 0.15) is 5.82 Å². The highest BCUT2D eigenvalue weighted by atomic mass is 32.1. The van der Waals surface area contributed by atoms with Crippen molar-refractivity contribution in [2.45, 2.75) is 38.9 Å². The number of nitrogens with two attached hydrogens (primary N) is 1. The summed E-state index contributed by atoms with van der Waals surface area (Å²) in [5.74, 6) is 0.0943. The third-order valence-corrected chi connectivity index (χ3v) is 5.14. The first-order chi connectivity index (χ1) is 13.6. The molecule has 2 aromatic heterocycles. The summed E-state index contributed by atoms with van der Waals surface area (Å²) in [4.78, 5) is 25.2. The number of hydrogen-bond acceptors (Lipinski definition) is 7. The lowest BCUT2D eigenvalue weighted by molar-refractivity contribution is -0.143. The minimum Gasteiger partial charge on any atom is -0.375 e. The molecule has 2 heterocycles. The van der Waals surface area contributed by atoms with Gasteiger partial charge < -0.3 is 11.1 Å². The van der Waals surface area contributed by atoms with Crippen LogP contribution in [0.25, 0.3) is 21.6 Å². The van der Waals surface area contributed by atoms with E-state index in [0.29, 0.717) is 16.8 Å². The number of Topliss-reactive ketones (excluding diaryl/α,β-unsaturated/α-hetero) is 1. The molecule has 3 aromatic rings. The van der Waals surface area contributed by atoms with E-state index >= 15 is 0 Å². The monoisotopic (exact) mass is 423 g/mol. The molecule has 3 N–H and O–H groups in total. The van der Waals surface area contributed by atoms with Crippen molar-refractivity contribution in [2.75, 3.05) is 11.1 Å². The molecule has 0 radical (unpaired) electrons. The predicted octanol–water partition coefficient (Wildman–Crippen LogP) is 4.68. The first-order valence-corrected chi connectivity index (χ1v) is 9.79. The van der Waals surface area contributed by atoms with E-state index in [0.717, 1.165) is 15.8 Å². The Morgan fingerprint density at radius 3 is 2.69 bits per heavy atom. The van der Waals surface area contributed by atoms with E-state index in [-0.39, 0.29) is 5.92 Å². The molecule has 1 aromatic carbocycles. The van der Waals surface area contributed by atoms with Crippen molar-refractivity contribution in [1.82, 2.24) is 15.0 Å². The fourth-order valence-electron chi connectivity index (χ4n) is 2.86. The average Bonchev–Trinajstić information content (AvgIpc) is 3.02. The number of hydrogen-bond donors (Lipinski definition) is 2. The van der Waals surface area contributed by atoms with Gasteiger partial charge in [-0.25, -0.2) is 15.0 Å². The molecule has 10 heteroatoms. The van der Waals surface area contributed by atoms with Crippen LogP contribution in [-0.4, -0.2) is 33.0 Å². The summed E-state index contributed by atoms with van der Waals surface area (Å²) in [6, 6.07) is 6.31. The van der Waals surface area contributed by atoms with Crippen molar-refractivity contribution in [3.05, 3.63) is 30.5 Å². The molecule has 0 amide bonds. The number of nitrogens with zero attached hydrogens (tertiary/aromatic N) is 3. The van der Waals surface area contributed by atoms with Gasteiger partial charge in [0.05, 0.1) is 22.7 Å². The van der Waals surface area contributed by atoms with Crippen molar-refractivity contribution in [1.29, 1.82) is 0 Å². The first-order valence-electron chi connectivity index (χ1n) is 8.98. The Morgan fingerprint density at radius 2 is 2.00 bits per heavy atom. The summed E-state index contributed by atoms with van der Waals surface area (Å²) in [5.41, 5.74) is 7.25. The van der Waals surface area contributed by atoms with Crippen LogP contribution in [0.15, 0.2) is 30.5 Å². The molecule has 3 rings (SSSR count). The van der Waals surface area contributed by atoms with Gasteiger partial charge in [-0.2, -0.15) is 13.2 Å². The Balaban J connectivity index is 1.80. The quantitative estimate of drug-likeness (QED) is 0.573. The highest BCUT2D eigenvalue weighted by Crippen LogP contribution is 2.28. The predicted molar refractivity (Wildman–Crippen MR) is 108 cm³/mol. The molecule has 0 unspecified atom stereocenters. The van der Waals surface area contributed by atoms with Crippen LogP contribution in [0.4, 0.5) is 24.1 Å². The smallest absolute Gasteiger partial charge is 0.375 e. The molecular weight excluding hydrogens is 403 g/mol. The molecule has 154 valence electrons. The van der Waals surface area contributed by atoms with Gasteiger partial charge in [-0.15, -0.1) is 0 Å². The molecule has 29 heavy (non-hydrogen) atoms. The standard InChI is InChI=1S/C19H20F3N5OS/c1-10(2)16(13(28)5-7-19(20,21)22)26-15-6-8-24-17(27-15)11-3-4-12-14(9-11)29-18(23)25-12/h3-4,6,8-10,16H,5,7H2,1-2H3,(H2,23,25)(H,24,26,27)/t16-/m1/s1. The number of thiazole rings is 1. The number of carbonyl (C=O) groups is 1. The fourth-order valence-corrected chi connectivity index (χ4v) is 3.63. The highest BCUT2D eigenvalue weighted by molar-refractivity contribution is 7.22. The zero-order valence-electron chi connectivity index (χ0n) is 15.8. The zero-order chi connectivity index (χ0) is 21.2. The van der Waals surface area contributed by atoms with Crippen molar-refractivity contribution >= 4 is 38.3 Å². The van der Waals surface area contributed by atoms with E-state index < -0.39 is 30.8 Å². The van der Waals surface area contributed by atoms with Crippen molar-refractivity contribution < 1.29 is 18.0 Å². The molecule has 0 aliphatic heterocycles. The van der Waals surface area contributed by atoms with E-state index in [1.165, 1.54) is 17.5 Å². The van der Waals surface area contributed by atoms with Gasteiger partial charge >= 0.3 is 6.18 Å². The molecule has 0 bridgehead atoms. The third-order valence-electron chi connectivity index (χ3n) is 4.29.